The van der Waals surface area contributed by atoms with Gasteiger partial charge in [0.05, 0.1) is 6.20 Å². The summed E-state index contributed by atoms with van der Waals surface area (Å²) in [6.45, 7) is 0. The largest absolute Gasteiger partial charge is 0.479 e. The third kappa shape index (κ3) is 2.86. The van der Waals surface area contributed by atoms with E-state index in [-0.39, 0.29) is 6.10 Å². The van der Waals surface area contributed by atoms with Crippen LogP contribution in [0.1, 0.15) is 17.2 Å². The highest BCUT2D eigenvalue weighted by atomic mass is 16.5. The van der Waals surface area contributed by atoms with Gasteiger partial charge in [-0.05, 0) is 23.3 Å². The molecular formula is C18H15NO. The van der Waals surface area contributed by atoms with Gasteiger partial charge in [0.2, 0.25) is 0 Å². The molecule has 1 aromatic heterocycles. The Morgan fingerprint density at radius 1 is 0.700 bits per heavy atom. The van der Waals surface area contributed by atoms with Crippen LogP contribution >= 0.6 is 0 Å². The zero-order valence-electron chi connectivity index (χ0n) is 11.0. The molecule has 0 spiro atoms. The van der Waals surface area contributed by atoms with Gasteiger partial charge in [0, 0.05) is 6.20 Å². The lowest BCUT2D eigenvalue weighted by Crippen LogP contribution is -2.09. The monoisotopic (exact) mass is 261 g/mol. The number of ether oxygens (including phenoxy) is 1. The maximum absolute atomic E-state index is 6.12. The number of nitrogens with zero attached hydrogens (tertiary/aromatic N) is 1. The van der Waals surface area contributed by atoms with Crippen LogP contribution in [0.15, 0.2) is 85.2 Å². The van der Waals surface area contributed by atoms with E-state index in [4.69, 9.17) is 4.74 Å². The average Bonchev–Trinajstić information content (AvgIpc) is 2.55. The maximum Gasteiger partial charge on any atom is 0.149 e. The fourth-order valence-corrected chi connectivity index (χ4v) is 2.14. The highest BCUT2D eigenvalue weighted by Gasteiger charge is 2.15. The number of hydrogen-bond acceptors (Lipinski definition) is 2. The molecule has 0 aliphatic heterocycles. The summed E-state index contributed by atoms with van der Waals surface area (Å²) in [5.74, 6) is 0.769. The van der Waals surface area contributed by atoms with Gasteiger partial charge in [0.25, 0.3) is 0 Å². The minimum absolute atomic E-state index is 0.124. The summed E-state index contributed by atoms with van der Waals surface area (Å²) in [4.78, 5) is 4.10. The molecule has 0 aliphatic carbocycles. The molecule has 0 N–H and O–H groups in total. The van der Waals surface area contributed by atoms with Crippen molar-refractivity contribution in [2.75, 3.05) is 0 Å². The molecule has 0 aliphatic rings. The first-order valence-corrected chi connectivity index (χ1v) is 6.60. The summed E-state index contributed by atoms with van der Waals surface area (Å²) in [6, 6.07) is 24.2. The fourth-order valence-electron chi connectivity index (χ4n) is 2.14. The smallest absolute Gasteiger partial charge is 0.149 e. The van der Waals surface area contributed by atoms with Crippen LogP contribution in [0.25, 0.3) is 0 Å². The van der Waals surface area contributed by atoms with Crippen LogP contribution in [-0.2, 0) is 0 Å². The molecule has 2 heteroatoms. The lowest BCUT2D eigenvalue weighted by Gasteiger charge is -2.19. The number of hydrogen-bond donors (Lipinski definition) is 0. The van der Waals surface area contributed by atoms with Crippen LogP contribution in [0.4, 0.5) is 0 Å². The minimum atomic E-state index is -0.124. The molecule has 0 amide bonds. The normalized spacial score (nSPS) is 10.4. The zero-order valence-corrected chi connectivity index (χ0v) is 11.0. The Bertz CT molecular complexity index is 599. The number of benzene rings is 2. The first-order valence-electron chi connectivity index (χ1n) is 6.60. The summed E-state index contributed by atoms with van der Waals surface area (Å²) < 4.78 is 6.12. The summed E-state index contributed by atoms with van der Waals surface area (Å²) in [5, 5.41) is 0. The van der Waals surface area contributed by atoms with Crippen molar-refractivity contribution in [2.45, 2.75) is 6.10 Å². The Labute approximate surface area is 118 Å². The Balaban J connectivity index is 1.96. The zero-order chi connectivity index (χ0) is 13.6. The number of rotatable bonds is 4. The van der Waals surface area contributed by atoms with E-state index in [1.807, 2.05) is 48.5 Å². The van der Waals surface area contributed by atoms with Gasteiger partial charge in [-0.3, -0.25) is 4.98 Å². The molecule has 0 unspecified atom stereocenters. The third-order valence-corrected chi connectivity index (χ3v) is 3.09. The first-order chi connectivity index (χ1) is 9.93. The highest BCUT2D eigenvalue weighted by molar-refractivity contribution is 5.32. The predicted molar refractivity (Wildman–Crippen MR) is 79.6 cm³/mol. The van der Waals surface area contributed by atoms with Crippen LogP contribution in [0.5, 0.6) is 5.75 Å². The van der Waals surface area contributed by atoms with Gasteiger partial charge < -0.3 is 4.74 Å². The second-order valence-electron chi connectivity index (χ2n) is 4.51. The molecule has 0 fully saturated rings. The van der Waals surface area contributed by atoms with Gasteiger partial charge in [0.15, 0.2) is 0 Å². The molecule has 0 saturated carbocycles. The Hall–Kier alpha value is -2.61. The van der Waals surface area contributed by atoms with Gasteiger partial charge in [-0.25, -0.2) is 0 Å². The van der Waals surface area contributed by atoms with Crippen LogP contribution in [0.3, 0.4) is 0 Å². The van der Waals surface area contributed by atoms with Gasteiger partial charge in [-0.1, -0.05) is 60.7 Å². The summed E-state index contributed by atoms with van der Waals surface area (Å²) in [7, 11) is 0. The van der Waals surface area contributed by atoms with Crippen molar-refractivity contribution >= 4 is 0 Å². The van der Waals surface area contributed by atoms with E-state index in [1.54, 1.807) is 12.4 Å². The van der Waals surface area contributed by atoms with E-state index >= 15 is 0 Å². The summed E-state index contributed by atoms with van der Waals surface area (Å²) in [5.41, 5.74) is 2.25. The predicted octanol–water partition coefficient (Wildman–Crippen LogP) is 4.25. The molecule has 98 valence electrons. The molecule has 0 atom stereocenters. The van der Waals surface area contributed by atoms with Crippen molar-refractivity contribution < 1.29 is 4.74 Å². The molecular weight excluding hydrogens is 246 g/mol. The molecule has 1 heterocycles. The van der Waals surface area contributed by atoms with Crippen molar-refractivity contribution in [3.63, 3.8) is 0 Å². The number of aromatic nitrogens is 1. The fraction of sp³-hybridized carbons (Fsp3) is 0.0556. The Kier molecular flexibility index (Phi) is 3.74. The summed E-state index contributed by atoms with van der Waals surface area (Å²) >= 11 is 0. The van der Waals surface area contributed by atoms with E-state index in [2.05, 4.69) is 29.2 Å². The van der Waals surface area contributed by atoms with E-state index in [9.17, 15) is 0 Å². The van der Waals surface area contributed by atoms with Crippen molar-refractivity contribution in [1.29, 1.82) is 0 Å². The van der Waals surface area contributed by atoms with E-state index in [0.29, 0.717) is 0 Å². The van der Waals surface area contributed by atoms with Gasteiger partial charge in [-0.15, -0.1) is 0 Å². The van der Waals surface area contributed by atoms with Crippen LogP contribution in [0, 0.1) is 0 Å². The van der Waals surface area contributed by atoms with E-state index in [1.165, 1.54) is 0 Å². The molecule has 0 saturated heterocycles. The lowest BCUT2D eigenvalue weighted by atomic mass is 10.0. The molecule has 0 radical (unpaired) electrons. The first kappa shape index (κ1) is 12.4. The van der Waals surface area contributed by atoms with Gasteiger partial charge in [-0.2, -0.15) is 0 Å². The topological polar surface area (TPSA) is 22.1 Å². The molecule has 3 rings (SSSR count). The minimum Gasteiger partial charge on any atom is -0.479 e. The molecule has 2 nitrogen and oxygen atoms in total. The van der Waals surface area contributed by atoms with Crippen molar-refractivity contribution in [1.82, 2.24) is 4.98 Å². The molecule has 0 bridgehead atoms. The quantitative estimate of drug-likeness (QED) is 0.700. The molecule has 2 aromatic carbocycles. The SMILES string of the molecule is c1ccc(C(Oc2cccnc2)c2ccccc2)cc1. The lowest BCUT2D eigenvalue weighted by molar-refractivity contribution is 0.246. The van der Waals surface area contributed by atoms with Crippen molar-refractivity contribution in [3.05, 3.63) is 96.3 Å². The molecule has 20 heavy (non-hydrogen) atoms. The number of pyridine rings is 1. The van der Waals surface area contributed by atoms with Crippen molar-refractivity contribution in [2.24, 2.45) is 0 Å². The second kappa shape index (κ2) is 6.02. The van der Waals surface area contributed by atoms with Gasteiger partial charge >= 0.3 is 0 Å². The second-order valence-corrected chi connectivity index (χ2v) is 4.51. The highest BCUT2D eigenvalue weighted by Crippen LogP contribution is 2.27. The van der Waals surface area contributed by atoms with Crippen LogP contribution in [-0.4, -0.2) is 4.98 Å². The standard InChI is InChI=1S/C18H15NO/c1-3-8-15(9-4-1)18(16-10-5-2-6-11-16)20-17-12-7-13-19-14-17/h1-14,18H. The average molecular weight is 261 g/mol. The summed E-state index contributed by atoms with van der Waals surface area (Å²) in [6.07, 6.45) is 3.35. The van der Waals surface area contributed by atoms with E-state index < -0.39 is 0 Å². The van der Waals surface area contributed by atoms with Gasteiger partial charge in [0.1, 0.15) is 11.9 Å². The van der Waals surface area contributed by atoms with E-state index in [0.717, 1.165) is 16.9 Å². The van der Waals surface area contributed by atoms with Crippen LogP contribution < -0.4 is 4.74 Å². The van der Waals surface area contributed by atoms with Crippen molar-refractivity contribution in [3.8, 4) is 5.75 Å². The Morgan fingerprint density at radius 3 is 1.80 bits per heavy atom. The van der Waals surface area contributed by atoms with Crippen LogP contribution in [0.2, 0.25) is 0 Å². The third-order valence-electron chi connectivity index (χ3n) is 3.09. The maximum atomic E-state index is 6.12. The molecule has 3 aromatic rings. The Morgan fingerprint density at radius 2 is 1.30 bits per heavy atom.